The number of hydrogen-bond acceptors (Lipinski definition) is 8. The maximum atomic E-state index is 14.1. The predicted molar refractivity (Wildman–Crippen MR) is 144 cm³/mol. The average Bonchev–Trinajstić information content (AvgIpc) is 3.34. The standard InChI is InChI=1S/C25H30ClFN8O3/c1-14-17(35-13-20(31-32-35)29-21(37)6-7-28)4-5-18(34-10-8-33(3)9-11-34)24(14)30-25(38)16-12-19(36)23(27)15(2)22(16)26/h4-5,12-13,36H,6-11,28H2,1-3H3,(H,29,37)(H,30,38). The summed E-state index contributed by atoms with van der Waals surface area (Å²) < 4.78 is 15.6. The van der Waals surface area contributed by atoms with Crippen molar-refractivity contribution < 1.29 is 19.1 Å². The van der Waals surface area contributed by atoms with Crippen LogP contribution in [0.15, 0.2) is 24.4 Å². The Kier molecular flexibility index (Phi) is 8.14. The number of nitrogens with one attached hydrogen (secondary N) is 2. The van der Waals surface area contributed by atoms with E-state index in [1.165, 1.54) is 11.6 Å². The summed E-state index contributed by atoms with van der Waals surface area (Å²) in [6, 6.07) is 4.76. The molecule has 1 aliphatic heterocycles. The normalized spacial score (nSPS) is 14.0. The number of halogens is 2. The summed E-state index contributed by atoms with van der Waals surface area (Å²) in [5, 5.41) is 23.6. The fourth-order valence-electron chi connectivity index (χ4n) is 4.28. The molecule has 1 fully saturated rings. The van der Waals surface area contributed by atoms with Crippen LogP contribution in [0.2, 0.25) is 5.02 Å². The lowest BCUT2D eigenvalue weighted by Gasteiger charge is -2.35. The van der Waals surface area contributed by atoms with Crippen molar-refractivity contribution >= 4 is 40.6 Å². The third-order valence-electron chi connectivity index (χ3n) is 6.52. The lowest BCUT2D eigenvalue weighted by molar-refractivity contribution is -0.116. The van der Waals surface area contributed by atoms with Gasteiger partial charge in [0.25, 0.3) is 5.91 Å². The number of anilines is 3. The van der Waals surface area contributed by atoms with Gasteiger partial charge in [-0.25, -0.2) is 9.07 Å². The molecular weight excluding hydrogens is 515 g/mol. The number of rotatable bonds is 7. The number of benzene rings is 2. The van der Waals surface area contributed by atoms with Crippen LogP contribution in [0.3, 0.4) is 0 Å². The van der Waals surface area contributed by atoms with Gasteiger partial charge in [0, 0.05) is 50.3 Å². The number of carbonyl (C=O) groups excluding carboxylic acids is 2. The quantitative estimate of drug-likeness (QED) is 0.356. The van der Waals surface area contributed by atoms with Gasteiger partial charge in [-0.3, -0.25) is 9.59 Å². The van der Waals surface area contributed by atoms with Crippen LogP contribution in [0.5, 0.6) is 5.75 Å². The van der Waals surface area contributed by atoms with Gasteiger partial charge in [0.15, 0.2) is 17.4 Å². The number of hydrogen-bond donors (Lipinski definition) is 4. The molecule has 3 aromatic rings. The molecule has 0 spiro atoms. The first-order chi connectivity index (χ1) is 18.1. The van der Waals surface area contributed by atoms with Crippen LogP contribution >= 0.6 is 11.6 Å². The first kappa shape index (κ1) is 27.3. The van der Waals surface area contributed by atoms with Gasteiger partial charge in [0.05, 0.1) is 33.8 Å². The van der Waals surface area contributed by atoms with E-state index in [2.05, 4.69) is 30.7 Å². The smallest absolute Gasteiger partial charge is 0.257 e. The molecule has 0 atom stereocenters. The number of aromatic hydroxyl groups is 1. The van der Waals surface area contributed by atoms with Crippen LogP contribution < -0.4 is 21.3 Å². The molecule has 1 aromatic heterocycles. The molecule has 0 saturated carbocycles. The number of piperazine rings is 1. The second-order valence-corrected chi connectivity index (χ2v) is 9.56. The second kappa shape index (κ2) is 11.3. The van der Waals surface area contributed by atoms with Gasteiger partial charge in [0.1, 0.15) is 0 Å². The monoisotopic (exact) mass is 544 g/mol. The van der Waals surface area contributed by atoms with Crippen molar-refractivity contribution in [3.63, 3.8) is 0 Å². The van der Waals surface area contributed by atoms with Crippen LogP contribution in [-0.4, -0.2) is 76.6 Å². The van der Waals surface area contributed by atoms with E-state index < -0.39 is 17.5 Å². The number of carbonyl (C=O) groups is 2. The van der Waals surface area contributed by atoms with Crippen molar-refractivity contribution in [1.29, 1.82) is 0 Å². The SMILES string of the molecule is Cc1c(F)c(O)cc(C(=O)Nc2c(N3CCN(C)CC3)ccc(-n3cc(NC(=O)CCN)nn3)c2C)c1Cl. The molecule has 2 amide bonds. The third-order valence-corrected chi connectivity index (χ3v) is 7.01. The molecule has 0 unspecified atom stereocenters. The lowest BCUT2D eigenvalue weighted by Crippen LogP contribution is -2.44. The number of likely N-dealkylation sites (N-methyl/N-ethyl adjacent to an activating group) is 1. The highest BCUT2D eigenvalue weighted by molar-refractivity contribution is 6.35. The van der Waals surface area contributed by atoms with Crippen molar-refractivity contribution in [3.05, 3.63) is 51.9 Å². The van der Waals surface area contributed by atoms with Gasteiger partial charge < -0.3 is 31.3 Å². The van der Waals surface area contributed by atoms with E-state index in [-0.39, 0.29) is 40.8 Å². The first-order valence-electron chi connectivity index (χ1n) is 12.1. The Morgan fingerprint density at radius 3 is 2.50 bits per heavy atom. The molecule has 11 nitrogen and oxygen atoms in total. The van der Waals surface area contributed by atoms with Crippen molar-refractivity contribution in [2.75, 3.05) is 55.3 Å². The molecule has 1 saturated heterocycles. The highest BCUT2D eigenvalue weighted by Crippen LogP contribution is 2.36. The number of aromatic nitrogens is 3. The average molecular weight is 545 g/mol. The highest BCUT2D eigenvalue weighted by Gasteiger charge is 2.24. The summed E-state index contributed by atoms with van der Waals surface area (Å²) in [4.78, 5) is 29.7. The van der Waals surface area contributed by atoms with E-state index in [1.807, 2.05) is 26.1 Å². The molecule has 4 rings (SSSR count). The molecule has 5 N–H and O–H groups in total. The predicted octanol–water partition coefficient (Wildman–Crippen LogP) is 2.67. The minimum absolute atomic E-state index is 0.0200. The molecule has 38 heavy (non-hydrogen) atoms. The van der Waals surface area contributed by atoms with E-state index in [0.29, 0.717) is 16.9 Å². The minimum atomic E-state index is -0.872. The molecule has 2 aromatic carbocycles. The van der Waals surface area contributed by atoms with E-state index in [4.69, 9.17) is 17.3 Å². The highest BCUT2D eigenvalue weighted by atomic mass is 35.5. The summed E-state index contributed by atoms with van der Waals surface area (Å²) >= 11 is 6.28. The van der Waals surface area contributed by atoms with Crippen LogP contribution in [-0.2, 0) is 4.79 Å². The molecule has 0 radical (unpaired) electrons. The maximum absolute atomic E-state index is 14.1. The molecule has 0 aliphatic carbocycles. The fraction of sp³-hybridized carbons (Fsp3) is 0.360. The molecule has 0 bridgehead atoms. The first-order valence-corrected chi connectivity index (χ1v) is 12.5. The van der Waals surface area contributed by atoms with Crippen LogP contribution in [0.25, 0.3) is 5.69 Å². The van der Waals surface area contributed by atoms with Gasteiger partial charge in [0.2, 0.25) is 5.91 Å². The van der Waals surface area contributed by atoms with Gasteiger partial charge >= 0.3 is 0 Å². The zero-order valence-electron chi connectivity index (χ0n) is 21.4. The van der Waals surface area contributed by atoms with Crippen molar-refractivity contribution in [1.82, 2.24) is 19.9 Å². The zero-order valence-corrected chi connectivity index (χ0v) is 22.1. The van der Waals surface area contributed by atoms with Crippen molar-refractivity contribution in [2.24, 2.45) is 5.73 Å². The number of nitrogens with zero attached hydrogens (tertiary/aromatic N) is 5. The molecule has 202 valence electrons. The molecule has 1 aliphatic rings. The maximum Gasteiger partial charge on any atom is 0.257 e. The van der Waals surface area contributed by atoms with E-state index in [0.717, 1.165) is 37.9 Å². The summed E-state index contributed by atoms with van der Waals surface area (Å²) in [6.07, 6.45) is 1.72. The number of phenols is 1. The van der Waals surface area contributed by atoms with Gasteiger partial charge in [-0.15, -0.1) is 5.10 Å². The van der Waals surface area contributed by atoms with Gasteiger partial charge in [-0.2, -0.15) is 0 Å². The summed E-state index contributed by atoms with van der Waals surface area (Å²) in [5.74, 6) is -2.14. The van der Waals surface area contributed by atoms with Crippen molar-refractivity contribution in [2.45, 2.75) is 20.3 Å². The Labute approximate surface area is 224 Å². The Morgan fingerprint density at radius 2 is 1.82 bits per heavy atom. The van der Waals surface area contributed by atoms with Crippen LogP contribution in [0.4, 0.5) is 21.6 Å². The Hall–Kier alpha value is -3.74. The van der Waals surface area contributed by atoms with Crippen molar-refractivity contribution in [3.8, 4) is 11.4 Å². The van der Waals surface area contributed by atoms with E-state index >= 15 is 0 Å². The lowest BCUT2D eigenvalue weighted by atomic mass is 10.1. The number of amides is 2. The zero-order chi connectivity index (χ0) is 27.6. The van der Waals surface area contributed by atoms with Gasteiger partial charge in [-0.05, 0) is 39.1 Å². The molecular formula is C25H30ClFN8O3. The van der Waals surface area contributed by atoms with Crippen LogP contribution in [0, 0.1) is 19.7 Å². The van der Waals surface area contributed by atoms with E-state index in [1.54, 1.807) is 6.20 Å². The Morgan fingerprint density at radius 1 is 1.13 bits per heavy atom. The number of nitrogens with two attached hydrogens (primary N) is 1. The molecule has 13 heteroatoms. The van der Waals surface area contributed by atoms with Gasteiger partial charge in [-0.1, -0.05) is 16.8 Å². The second-order valence-electron chi connectivity index (χ2n) is 9.18. The summed E-state index contributed by atoms with van der Waals surface area (Å²) in [7, 11) is 2.05. The third kappa shape index (κ3) is 5.57. The minimum Gasteiger partial charge on any atom is -0.505 e. The topological polar surface area (TPSA) is 142 Å². The summed E-state index contributed by atoms with van der Waals surface area (Å²) in [5.41, 5.74) is 7.96. The molecule has 2 heterocycles. The Bertz CT molecular complexity index is 1370. The van der Waals surface area contributed by atoms with E-state index in [9.17, 15) is 19.1 Å². The van der Waals surface area contributed by atoms with Crippen LogP contribution in [0.1, 0.15) is 27.9 Å². The fourth-order valence-corrected chi connectivity index (χ4v) is 4.50. The summed E-state index contributed by atoms with van der Waals surface area (Å²) in [6.45, 7) is 6.62. The Balaban J connectivity index is 1.73. The largest absolute Gasteiger partial charge is 0.505 e. The number of phenolic OH excluding ortho intramolecular Hbond substituents is 1.